The molecular formula is C19H16N2O6. The van der Waals surface area contributed by atoms with Crippen LogP contribution in [0.5, 0.6) is 17.2 Å². The molecule has 3 rings (SSSR count). The van der Waals surface area contributed by atoms with E-state index in [1.165, 1.54) is 21.0 Å². The second kappa shape index (κ2) is 7.69. The van der Waals surface area contributed by atoms with Crippen molar-refractivity contribution in [2.75, 3.05) is 7.11 Å². The number of nitrogens with zero attached hydrogens (tertiary/aromatic N) is 2. The van der Waals surface area contributed by atoms with E-state index in [4.69, 9.17) is 18.7 Å². The number of aromatic nitrogens is 2. The standard InChI is InChI=1S/C19H16N2O6/c1-11(22)25-16-7-5-4-6-14(16)18-20-19(27-21-18)15-9-8-13(24-3)10-17(15)26-12(2)23/h4-10H,1-3H3. The highest BCUT2D eigenvalue weighted by molar-refractivity contribution is 5.76. The molecular weight excluding hydrogens is 352 g/mol. The van der Waals surface area contributed by atoms with E-state index in [9.17, 15) is 9.59 Å². The van der Waals surface area contributed by atoms with E-state index in [0.717, 1.165) is 0 Å². The quantitative estimate of drug-likeness (QED) is 0.500. The summed E-state index contributed by atoms with van der Waals surface area (Å²) in [6.07, 6.45) is 0. The first kappa shape index (κ1) is 18.1. The zero-order valence-electron chi connectivity index (χ0n) is 14.9. The highest BCUT2D eigenvalue weighted by Gasteiger charge is 2.19. The lowest BCUT2D eigenvalue weighted by molar-refractivity contribution is -0.132. The Morgan fingerprint density at radius 3 is 2.33 bits per heavy atom. The van der Waals surface area contributed by atoms with Crippen molar-refractivity contribution in [2.45, 2.75) is 13.8 Å². The maximum atomic E-state index is 11.4. The van der Waals surface area contributed by atoms with Gasteiger partial charge in [-0.05, 0) is 24.3 Å². The van der Waals surface area contributed by atoms with Crippen LogP contribution in [0.2, 0.25) is 0 Å². The highest BCUT2D eigenvalue weighted by atomic mass is 16.5. The molecule has 8 heteroatoms. The Bertz CT molecular complexity index is 995. The Morgan fingerprint density at radius 2 is 1.63 bits per heavy atom. The summed E-state index contributed by atoms with van der Waals surface area (Å²) in [6, 6.07) is 11.7. The van der Waals surface area contributed by atoms with Crippen LogP contribution < -0.4 is 14.2 Å². The van der Waals surface area contributed by atoms with Crippen molar-refractivity contribution >= 4 is 11.9 Å². The number of ether oxygens (including phenoxy) is 3. The lowest BCUT2D eigenvalue weighted by Gasteiger charge is -2.08. The maximum absolute atomic E-state index is 11.4. The van der Waals surface area contributed by atoms with Crippen molar-refractivity contribution < 1.29 is 28.3 Å². The van der Waals surface area contributed by atoms with Crippen LogP contribution in [0.4, 0.5) is 0 Å². The zero-order valence-corrected chi connectivity index (χ0v) is 14.9. The van der Waals surface area contributed by atoms with E-state index >= 15 is 0 Å². The van der Waals surface area contributed by atoms with Crippen LogP contribution in [0.1, 0.15) is 13.8 Å². The average molecular weight is 368 g/mol. The second-order valence-electron chi connectivity index (χ2n) is 5.47. The minimum atomic E-state index is -0.496. The predicted octanol–water partition coefficient (Wildman–Crippen LogP) is 3.26. The molecule has 138 valence electrons. The molecule has 1 heterocycles. The SMILES string of the molecule is COc1ccc(-c2nc(-c3ccccc3OC(C)=O)no2)c(OC(C)=O)c1. The summed E-state index contributed by atoms with van der Waals surface area (Å²) < 4.78 is 20.9. The van der Waals surface area contributed by atoms with Crippen LogP contribution in [-0.4, -0.2) is 29.2 Å². The summed E-state index contributed by atoms with van der Waals surface area (Å²) in [5, 5.41) is 3.94. The van der Waals surface area contributed by atoms with Crippen molar-refractivity contribution in [3.05, 3.63) is 42.5 Å². The lowest BCUT2D eigenvalue weighted by atomic mass is 10.1. The van der Waals surface area contributed by atoms with Gasteiger partial charge in [-0.25, -0.2) is 0 Å². The van der Waals surface area contributed by atoms with Gasteiger partial charge in [0.25, 0.3) is 5.89 Å². The van der Waals surface area contributed by atoms with E-state index < -0.39 is 11.9 Å². The topological polar surface area (TPSA) is 101 Å². The molecule has 3 aromatic rings. The Balaban J connectivity index is 2.02. The first-order chi connectivity index (χ1) is 13.0. The summed E-state index contributed by atoms with van der Waals surface area (Å²) in [6.45, 7) is 2.60. The number of methoxy groups -OCH3 is 1. The number of benzene rings is 2. The number of hydrogen-bond acceptors (Lipinski definition) is 8. The average Bonchev–Trinajstić information content (AvgIpc) is 3.10. The Labute approximate surface area is 154 Å². The molecule has 0 radical (unpaired) electrons. The molecule has 0 bridgehead atoms. The van der Waals surface area contributed by atoms with E-state index in [0.29, 0.717) is 22.6 Å². The zero-order chi connectivity index (χ0) is 19.4. The molecule has 0 N–H and O–H groups in total. The number of rotatable bonds is 5. The van der Waals surface area contributed by atoms with Crippen molar-refractivity contribution in [1.29, 1.82) is 0 Å². The first-order valence-corrected chi connectivity index (χ1v) is 7.96. The smallest absolute Gasteiger partial charge is 0.308 e. The normalized spacial score (nSPS) is 10.3. The van der Waals surface area contributed by atoms with Crippen LogP contribution >= 0.6 is 0 Å². The summed E-state index contributed by atoms with van der Waals surface area (Å²) in [4.78, 5) is 27.0. The van der Waals surface area contributed by atoms with Crippen LogP contribution in [0.15, 0.2) is 47.0 Å². The first-order valence-electron chi connectivity index (χ1n) is 7.96. The molecule has 0 saturated carbocycles. The molecule has 0 unspecified atom stereocenters. The summed E-state index contributed by atoms with van der Waals surface area (Å²) >= 11 is 0. The third kappa shape index (κ3) is 4.12. The second-order valence-corrected chi connectivity index (χ2v) is 5.47. The van der Waals surface area contributed by atoms with E-state index in [-0.39, 0.29) is 17.5 Å². The molecule has 1 aromatic heterocycles. The molecule has 0 atom stereocenters. The van der Waals surface area contributed by atoms with Gasteiger partial charge in [-0.15, -0.1) is 0 Å². The number of carbonyl (C=O) groups is 2. The van der Waals surface area contributed by atoms with Crippen LogP contribution in [0.3, 0.4) is 0 Å². The van der Waals surface area contributed by atoms with Gasteiger partial charge in [-0.3, -0.25) is 9.59 Å². The monoisotopic (exact) mass is 368 g/mol. The van der Waals surface area contributed by atoms with E-state index in [1.54, 1.807) is 42.5 Å². The van der Waals surface area contributed by atoms with Gasteiger partial charge in [-0.2, -0.15) is 4.98 Å². The molecule has 27 heavy (non-hydrogen) atoms. The molecule has 0 saturated heterocycles. The number of para-hydroxylation sites is 1. The highest BCUT2D eigenvalue weighted by Crippen LogP contribution is 2.35. The van der Waals surface area contributed by atoms with Crippen molar-refractivity contribution in [2.24, 2.45) is 0 Å². The minimum Gasteiger partial charge on any atom is -0.497 e. The Hall–Kier alpha value is -3.68. The molecule has 8 nitrogen and oxygen atoms in total. The maximum Gasteiger partial charge on any atom is 0.308 e. The van der Waals surface area contributed by atoms with E-state index in [2.05, 4.69) is 10.1 Å². The van der Waals surface area contributed by atoms with Crippen molar-refractivity contribution in [3.63, 3.8) is 0 Å². The lowest BCUT2D eigenvalue weighted by Crippen LogP contribution is -2.03. The molecule has 2 aromatic carbocycles. The predicted molar refractivity (Wildman–Crippen MR) is 94.3 cm³/mol. The fourth-order valence-electron chi connectivity index (χ4n) is 2.38. The number of hydrogen-bond donors (Lipinski definition) is 0. The third-order valence-corrected chi connectivity index (χ3v) is 3.48. The van der Waals surface area contributed by atoms with Crippen molar-refractivity contribution in [3.8, 4) is 40.1 Å². The summed E-state index contributed by atoms with van der Waals surface area (Å²) in [5.74, 6) is 0.462. The van der Waals surface area contributed by atoms with Gasteiger partial charge in [0.1, 0.15) is 17.2 Å². The van der Waals surface area contributed by atoms with Crippen LogP contribution in [-0.2, 0) is 9.59 Å². The summed E-state index contributed by atoms with van der Waals surface area (Å²) in [7, 11) is 1.50. The molecule has 0 aliphatic heterocycles. The largest absolute Gasteiger partial charge is 0.497 e. The van der Waals surface area contributed by atoms with Crippen LogP contribution in [0, 0.1) is 0 Å². The Kier molecular flexibility index (Phi) is 5.16. The van der Waals surface area contributed by atoms with Gasteiger partial charge >= 0.3 is 11.9 Å². The van der Waals surface area contributed by atoms with E-state index in [1.807, 2.05) is 0 Å². The molecule has 0 aliphatic carbocycles. The van der Waals surface area contributed by atoms with Crippen LogP contribution in [0.25, 0.3) is 22.8 Å². The number of carbonyl (C=O) groups excluding carboxylic acids is 2. The molecule has 0 aliphatic rings. The van der Waals surface area contributed by atoms with Gasteiger partial charge in [-0.1, -0.05) is 17.3 Å². The summed E-state index contributed by atoms with van der Waals surface area (Å²) in [5.41, 5.74) is 0.917. The van der Waals surface area contributed by atoms with Crippen molar-refractivity contribution in [1.82, 2.24) is 10.1 Å². The fourth-order valence-corrected chi connectivity index (χ4v) is 2.38. The van der Waals surface area contributed by atoms with Gasteiger partial charge in [0, 0.05) is 19.9 Å². The number of esters is 2. The minimum absolute atomic E-state index is 0.140. The molecule has 0 spiro atoms. The molecule has 0 amide bonds. The van der Waals surface area contributed by atoms with Gasteiger partial charge < -0.3 is 18.7 Å². The van der Waals surface area contributed by atoms with Gasteiger partial charge in [0.05, 0.1) is 18.2 Å². The Morgan fingerprint density at radius 1 is 0.926 bits per heavy atom. The van der Waals surface area contributed by atoms with Gasteiger partial charge in [0.15, 0.2) is 0 Å². The van der Waals surface area contributed by atoms with Gasteiger partial charge in [0.2, 0.25) is 5.82 Å². The fraction of sp³-hybridized carbons (Fsp3) is 0.158. The third-order valence-electron chi connectivity index (χ3n) is 3.48. The molecule has 0 fully saturated rings.